The fraction of sp³-hybridized carbons (Fsp3) is 0.250. The third-order valence-corrected chi connectivity index (χ3v) is 5.12. The second-order valence-corrected chi connectivity index (χ2v) is 6.99. The van der Waals surface area contributed by atoms with Crippen molar-refractivity contribution in [3.63, 3.8) is 0 Å². The molecule has 3 rings (SSSR count). The van der Waals surface area contributed by atoms with E-state index < -0.39 is 29.5 Å². The summed E-state index contributed by atoms with van der Waals surface area (Å²) in [5.74, 6) is -1.87. The van der Waals surface area contributed by atoms with Gasteiger partial charge in [-0.3, -0.25) is 4.79 Å². The third-order valence-electron chi connectivity index (χ3n) is 5.12. The topological polar surface area (TPSA) is 50.1 Å². The zero-order valence-electron chi connectivity index (χ0n) is 16.3. The number of hydrogen-bond donors (Lipinski definition) is 0. The maximum absolute atomic E-state index is 13.0. The Morgan fingerprint density at radius 2 is 1.77 bits per heavy atom. The van der Waals surface area contributed by atoms with Crippen molar-refractivity contribution in [2.75, 3.05) is 7.11 Å². The third kappa shape index (κ3) is 4.69. The molecule has 0 aliphatic heterocycles. The predicted molar refractivity (Wildman–Crippen MR) is 108 cm³/mol. The van der Waals surface area contributed by atoms with Gasteiger partial charge in [-0.2, -0.15) is 18.4 Å². The van der Waals surface area contributed by atoms with Crippen molar-refractivity contribution in [3.05, 3.63) is 83.4 Å². The molecule has 0 fully saturated rings. The molecule has 0 spiro atoms. The summed E-state index contributed by atoms with van der Waals surface area (Å²) in [6.45, 7) is 0. The first-order valence-corrected chi connectivity index (χ1v) is 9.45. The van der Waals surface area contributed by atoms with Gasteiger partial charge in [0.15, 0.2) is 5.78 Å². The average Bonchev–Trinajstić information content (AvgIpc) is 2.74. The number of nitriles is 1. The van der Waals surface area contributed by atoms with Gasteiger partial charge in [0.05, 0.1) is 11.6 Å². The van der Waals surface area contributed by atoms with Crippen LogP contribution in [0.5, 0.6) is 0 Å². The number of halogens is 3. The van der Waals surface area contributed by atoms with Gasteiger partial charge in [-0.15, -0.1) is 0 Å². The molecule has 0 aliphatic rings. The Morgan fingerprint density at radius 1 is 1.07 bits per heavy atom. The number of methoxy groups -OCH3 is 1. The van der Waals surface area contributed by atoms with E-state index in [4.69, 9.17) is 4.74 Å². The normalized spacial score (nSPS) is 13.6. The van der Waals surface area contributed by atoms with Gasteiger partial charge in [-0.25, -0.2) is 0 Å². The predicted octanol–water partition coefficient (Wildman–Crippen LogP) is 5.68. The Bertz CT molecular complexity index is 1080. The van der Waals surface area contributed by atoms with Crippen molar-refractivity contribution in [1.29, 1.82) is 5.26 Å². The largest absolute Gasteiger partial charge is 0.416 e. The molecular formula is C24H20F3NO2. The van der Waals surface area contributed by atoms with E-state index in [1.807, 2.05) is 48.5 Å². The summed E-state index contributed by atoms with van der Waals surface area (Å²) in [5, 5.41) is 11.7. The molecule has 3 aromatic rings. The Morgan fingerprint density at radius 3 is 2.47 bits per heavy atom. The van der Waals surface area contributed by atoms with Gasteiger partial charge in [-0.05, 0) is 40.8 Å². The lowest BCUT2D eigenvalue weighted by atomic mass is 9.89. The van der Waals surface area contributed by atoms with Gasteiger partial charge in [0, 0.05) is 7.11 Å². The molecule has 0 saturated heterocycles. The molecule has 30 heavy (non-hydrogen) atoms. The molecule has 2 unspecified atom stereocenters. The van der Waals surface area contributed by atoms with E-state index >= 15 is 0 Å². The van der Waals surface area contributed by atoms with E-state index in [2.05, 4.69) is 0 Å². The zero-order valence-corrected chi connectivity index (χ0v) is 16.3. The van der Waals surface area contributed by atoms with Gasteiger partial charge in [-0.1, -0.05) is 60.7 Å². The molecule has 0 saturated carbocycles. The minimum atomic E-state index is -4.55. The molecule has 0 radical (unpaired) electrons. The summed E-state index contributed by atoms with van der Waals surface area (Å²) in [6, 6.07) is 19.9. The number of fused-ring (bicyclic) bond motifs is 1. The Balaban J connectivity index is 1.80. The number of ether oxygens (including phenoxy) is 1. The quantitative estimate of drug-likeness (QED) is 0.502. The molecule has 0 bridgehead atoms. The second kappa shape index (κ2) is 9.10. The van der Waals surface area contributed by atoms with Crippen LogP contribution in [0.4, 0.5) is 13.2 Å². The van der Waals surface area contributed by atoms with Crippen molar-refractivity contribution in [1.82, 2.24) is 0 Å². The number of rotatable bonds is 7. The van der Waals surface area contributed by atoms with Crippen LogP contribution in [0.15, 0.2) is 66.7 Å². The lowest BCUT2D eigenvalue weighted by Gasteiger charge is -2.19. The van der Waals surface area contributed by atoms with Gasteiger partial charge < -0.3 is 4.74 Å². The molecule has 0 amide bonds. The monoisotopic (exact) mass is 411 g/mol. The van der Waals surface area contributed by atoms with E-state index in [1.54, 1.807) is 0 Å². The number of benzene rings is 3. The average molecular weight is 411 g/mol. The first-order chi connectivity index (χ1) is 14.3. The van der Waals surface area contributed by atoms with Crippen LogP contribution in [0.3, 0.4) is 0 Å². The van der Waals surface area contributed by atoms with Crippen molar-refractivity contribution in [2.45, 2.75) is 31.0 Å². The number of alkyl halides is 3. The Labute approximate surface area is 172 Å². The van der Waals surface area contributed by atoms with Crippen LogP contribution in [0.25, 0.3) is 10.8 Å². The highest BCUT2D eigenvalue weighted by molar-refractivity contribution is 5.92. The number of ketones is 1. The number of nitrogens with zero attached hydrogens (tertiary/aromatic N) is 1. The molecule has 0 aliphatic carbocycles. The molecule has 0 N–H and O–H groups in total. The lowest BCUT2D eigenvalue weighted by Crippen LogP contribution is -2.29. The SMILES string of the molecule is COC(CCc1cccc2ccccc12)C(=O)C(C#N)c1cccc(C(F)(F)F)c1. The van der Waals surface area contributed by atoms with E-state index in [0.29, 0.717) is 12.8 Å². The minimum absolute atomic E-state index is 0.0181. The number of carbonyl (C=O) groups excluding carboxylic acids is 1. The highest BCUT2D eigenvalue weighted by atomic mass is 19.4. The van der Waals surface area contributed by atoms with Gasteiger partial charge >= 0.3 is 6.18 Å². The van der Waals surface area contributed by atoms with Crippen LogP contribution >= 0.6 is 0 Å². The summed E-state index contributed by atoms with van der Waals surface area (Å²) in [4.78, 5) is 12.9. The van der Waals surface area contributed by atoms with Crippen molar-refractivity contribution < 1.29 is 22.7 Å². The van der Waals surface area contributed by atoms with Gasteiger partial charge in [0.2, 0.25) is 0 Å². The van der Waals surface area contributed by atoms with Crippen molar-refractivity contribution in [2.24, 2.45) is 0 Å². The van der Waals surface area contributed by atoms with Crippen LogP contribution in [0, 0.1) is 11.3 Å². The number of carbonyl (C=O) groups is 1. The molecule has 2 atom stereocenters. The van der Waals surface area contributed by atoms with E-state index in [0.717, 1.165) is 28.5 Å². The zero-order chi connectivity index (χ0) is 21.7. The first kappa shape index (κ1) is 21.5. The van der Waals surface area contributed by atoms with E-state index in [9.17, 15) is 23.2 Å². The van der Waals surface area contributed by atoms with E-state index in [1.165, 1.54) is 19.2 Å². The highest BCUT2D eigenvalue weighted by Gasteiger charge is 2.33. The number of hydrogen-bond acceptors (Lipinski definition) is 3. The lowest BCUT2D eigenvalue weighted by molar-refractivity contribution is -0.137. The number of Topliss-reactive ketones (excluding diaryl/α,β-unsaturated/α-hetero) is 1. The van der Waals surface area contributed by atoms with Gasteiger partial charge in [0.1, 0.15) is 12.0 Å². The van der Waals surface area contributed by atoms with Crippen LogP contribution in [-0.2, 0) is 22.1 Å². The van der Waals surface area contributed by atoms with Crippen LogP contribution in [0.2, 0.25) is 0 Å². The van der Waals surface area contributed by atoms with Crippen LogP contribution in [-0.4, -0.2) is 19.0 Å². The molecule has 3 nitrogen and oxygen atoms in total. The van der Waals surface area contributed by atoms with Gasteiger partial charge in [0.25, 0.3) is 0 Å². The minimum Gasteiger partial charge on any atom is -0.374 e. The van der Waals surface area contributed by atoms with Crippen LogP contribution < -0.4 is 0 Å². The van der Waals surface area contributed by atoms with Crippen molar-refractivity contribution in [3.8, 4) is 6.07 Å². The standard InChI is InChI=1S/C24H20F3NO2/c1-30-22(13-12-17-8-4-7-16-6-2-3-11-20(16)17)23(29)21(15-28)18-9-5-10-19(14-18)24(25,26)27/h2-11,14,21-22H,12-13H2,1H3. The number of aryl methyl sites for hydroxylation is 1. The summed E-state index contributed by atoms with van der Waals surface area (Å²) < 4.78 is 44.3. The summed E-state index contributed by atoms with van der Waals surface area (Å²) in [7, 11) is 1.37. The Kier molecular flexibility index (Phi) is 6.53. The molecule has 3 aromatic carbocycles. The maximum Gasteiger partial charge on any atom is 0.416 e. The van der Waals surface area contributed by atoms with Crippen molar-refractivity contribution >= 4 is 16.6 Å². The highest BCUT2D eigenvalue weighted by Crippen LogP contribution is 2.32. The molecular weight excluding hydrogens is 391 g/mol. The van der Waals surface area contributed by atoms with Crippen LogP contribution in [0.1, 0.15) is 29.0 Å². The molecule has 154 valence electrons. The fourth-order valence-electron chi connectivity index (χ4n) is 3.56. The molecule has 0 heterocycles. The Hall–Kier alpha value is -3.17. The first-order valence-electron chi connectivity index (χ1n) is 9.45. The summed E-state index contributed by atoms with van der Waals surface area (Å²) >= 11 is 0. The summed E-state index contributed by atoms with van der Waals surface area (Å²) in [5.41, 5.74) is 0.165. The smallest absolute Gasteiger partial charge is 0.374 e. The molecule has 6 heteroatoms. The maximum atomic E-state index is 13.0. The summed E-state index contributed by atoms with van der Waals surface area (Å²) in [6.07, 6.45) is -4.59. The fourth-order valence-corrected chi connectivity index (χ4v) is 3.56. The second-order valence-electron chi connectivity index (χ2n) is 6.99. The molecule has 0 aromatic heterocycles. The van der Waals surface area contributed by atoms with E-state index in [-0.39, 0.29) is 5.56 Å².